The quantitative estimate of drug-likeness (QED) is 0.615. The fourth-order valence-electron chi connectivity index (χ4n) is 2.98. The minimum absolute atomic E-state index is 0.0712. The summed E-state index contributed by atoms with van der Waals surface area (Å²) in [4.78, 5) is 12.3. The van der Waals surface area contributed by atoms with Gasteiger partial charge in [-0.05, 0) is 62.5 Å². The zero-order valence-electron chi connectivity index (χ0n) is 18.1. The van der Waals surface area contributed by atoms with Crippen LogP contribution in [0, 0.1) is 0 Å². The van der Waals surface area contributed by atoms with Crippen molar-refractivity contribution in [2.75, 3.05) is 6.54 Å². The van der Waals surface area contributed by atoms with Gasteiger partial charge in [-0.15, -0.1) is 0 Å². The van der Waals surface area contributed by atoms with Crippen LogP contribution in [-0.4, -0.2) is 36.1 Å². The van der Waals surface area contributed by atoms with Gasteiger partial charge in [-0.3, -0.25) is 0 Å². The number of carbonyl (C=O) groups excluding carboxylic acids is 1. The molecule has 164 valence electrons. The molecule has 8 heteroatoms. The first kappa shape index (κ1) is 23.2. The third-order valence-corrected chi connectivity index (χ3v) is 5.86. The van der Waals surface area contributed by atoms with Gasteiger partial charge in [0.05, 0.1) is 16.2 Å². The summed E-state index contributed by atoms with van der Waals surface area (Å²) in [5, 5.41) is 12.8. The second-order valence-electron chi connectivity index (χ2n) is 8.43. The Bertz CT molecular complexity index is 946. The maximum absolute atomic E-state index is 12.3. The number of alkyl carbamates (subject to hydrolysis) is 1. The summed E-state index contributed by atoms with van der Waals surface area (Å²) >= 11 is 6.27. The maximum atomic E-state index is 12.3. The number of phenolic OH excluding ortho intramolecular Hbond substituents is 1. The zero-order chi connectivity index (χ0) is 22.6. The second-order valence-corrected chi connectivity index (χ2v) is 8.84. The number of amides is 1. The first-order chi connectivity index (χ1) is 14.6. The molecule has 0 bridgehead atoms. The predicted molar refractivity (Wildman–Crippen MR) is 122 cm³/mol. The van der Waals surface area contributed by atoms with Crippen molar-refractivity contribution in [2.45, 2.75) is 45.5 Å². The van der Waals surface area contributed by atoms with Crippen LogP contribution in [0.3, 0.4) is 0 Å². The molecule has 31 heavy (non-hydrogen) atoms. The Kier molecular flexibility index (Phi) is 6.99. The smallest absolute Gasteiger partial charge is 0.492 e. The summed E-state index contributed by atoms with van der Waals surface area (Å²) < 4.78 is 17.6. The van der Waals surface area contributed by atoms with Crippen molar-refractivity contribution in [1.82, 2.24) is 5.32 Å². The van der Waals surface area contributed by atoms with Crippen molar-refractivity contribution in [2.24, 2.45) is 0 Å². The Morgan fingerprint density at radius 3 is 2.39 bits per heavy atom. The molecule has 2 aromatic rings. The molecule has 1 heterocycles. The third kappa shape index (κ3) is 5.82. The fourth-order valence-corrected chi connectivity index (χ4v) is 3.21. The summed E-state index contributed by atoms with van der Waals surface area (Å²) in [7, 11) is -0.677. The van der Waals surface area contributed by atoms with E-state index in [4.69, 9.17) is 25.6 Å². The van der Waals surface area contributed by atoms with Crippen LogP contribution >= 0.6 is 11.6 Å². The largest absolute Gasteiger partial charge is 0.508 e. The van der Waals surface area contributed by atoms with Crippen LogP contribution in [0.4, 0.5) is 4.79 Å². The number of halogens is 1. The molecule has 1 amide bonds. The minimum atomic E-state index is -0.677. The highest BCUT2D eigenvalue weighted by molar-refractivity contribution is 6.56. The van der Waals surface area contributed by atoms with Gasteiger partial charge in [-0.1, -0.05) is 48.0 Å². The Morgan fingerprint density at radius 1 is 1.13 bits per heavy atom. The van der Waals surface area contributed by atoms with Crippen LogP contribution in [-0.2, 0) is 20.7 Å². The average molecular weight is 444 g/mol. The molecule has 0 aliphatic carbocycles. The van der Waals surface area contributed by atoms with Crippen LogP contribution in [0.2, 0.25) is 5.02 Å². The lowest BCUT2D eigenvalue weighted by Gasteiger charge is -2.32. The van der Waals surface area contributed by atoms with E-state index in [0.29, 0.717) is 16.1 Å². The molecule has 0 atom stereocenters. The molecule has 1 aliphatic heterocycles. The number of benzene rings is 2. The van der Waals surface area contributed by atoms with E-state index in [1.165, 1.54) is 6.07 Å². The number of hydrogen-bond acceptors (Lipinski definition) is 5. The van der Waals surface area contributed by atoms with E-state index >= 15 is 0 Å². The number of aromatic hydroxyl groups is 1. The van der Waals surface area contributed by atoms with Gasteiger partial charge in [0.25, 0.3) is 0 Å². The number of rotatable bonds is 6. The van der Waals surface area contributed by atoms with Crippen molar-refractivity contribution in [3.05, 3.63) is 70.2 Å². The van der Waals surface area contributed by atoms with Gasteiger partial charge < -0.3 is 24.5 Å². The Morgan fingerprint density at radius 2 is 1.77 bits per heavy atom. The highest BCUT2D eigenvalue weighted by atomic mass is 35.5. The molecule has 0 saturated carbocycles. The van der Waals surface area contributed by atoms with Gasteiger partial charge in [-0.2, -0.15) is 0 Å². The first-order valence-electron chi connectivity index (χ1n) is 10.1. The molecule has 0 radical (unpaired) electrons. The van der Waals surface area contributed by atoms with Crippen molar-refractivity contribution in [3.63, 3.8) is 0 Å². The number of ether oxygens (including phenoxy) is 1. The number of hydrogen-bond donors (Lipinski definition) is 2. The molecule has 1 fully saturated rings. The standard InChI is InChI=1S/C23H27BClNO5/c1-22(2)23(3,4)31-24(30-22)18(12-17-10-11-19(27)13-20(17)25)14-26-21(28)29-15-16-8-6-5-7-9-16/h5-13,27H,14-15H2,1-4H3,(H,26,28). The minimum Gasteiger partial charge on any atom is -0.508 e. The lowest BCUT2D eigenvalue weighted by Crippen LogP contribution is -2.41. The Labute approximate surface area is 188 Å². The third-order valence-electron chi connectivity index (χ3n) is 5.53. The van der Waals surface area contributed by atoms with E-state index in [2.05, 4.69) is 5.32 Å². The van der Waals surface area contributed by atoms with Crippen molar-refractivity contribution < 1.29 is 23.9 Å². The summed E-state index contributed by atoms with van der Waals surface area (Å²) in [6, 6.07) is 14.1. The van der Waals surface area contributed by atoms with Crippen molar-refractivity contribution >= 4 is 30.9 Å². The molecule has 2 aromatic carbocycles. The maximum Gasteiger partial charge on any atom is 0.492 e. The van der Waals surface area contributed by atoms with E-state index in [-0.39, 0.29) is 18.9 Å². The number of phenols is 1. The Balaban J connectivity index is 1.74. The molecule has 0 unspecified atom stereocenters. The summed E-state index contributed by atoms with van der Waals surface area (Å²) in [6.45, 7) is 8.15. The average Bonchev–Trinajstić information content (AvgIpc) is 2.93. The molecule has 1 saturated heterocycles. The molecule has 1 aliphatic rings. The topological polar surface area (TPSA) is 77.0 Å². The van der Waals surface area contributed by atoms with E-state index in [1.54, 1.807) is 18.2 Å². The number of nitrogens with one attached hydrogen (secondary N) is 1. The molecule has 6 nitrogen and oxygen atoms in total. The van der Waals surface area contributed by atoms with Gasteiger partial charge in [0, 0.05) is 6.54 Å². The van der Waals surface area contributed by atoms with Gasteiger partial charge in [0.15, 0.2) is 0 Å². The molecule has 0 aromatic heterocycles. The van der Waals surface area contributed by atoms with Crippen LogP contribution in [0.5, 0.6) is 5.75 Å². The van der Waals surface area contributed by atoms with Gasteiger partial charge >= 0.3 is 13.2 Å². The molecule has 3 rings (SSSR count). The SMILES string of the molecule is CC1(C)OB(C(=Cc2ccc(O)cc2Cl)CNC(=O)OCc2ccccc2)OC1(C)C. The molecular weight excluding hydrogens is 417 g/mol. The van der Waals surface area contributed by atoms with E-state index < -0.39 is 24.4 Å². The van der Waals surface area contributed by atoms with Crippen LogP contribution < -0.4 is 5.32 Å². The predicted octanol–water partition coefficient (Wildman–Crippen LogP) is 4.99. The monoisotopic (exact) mass is 443 g/mol. The van der Waals surface area contributed by atoms with E-state index in [9.17, 15) is 9.90 Å². The van der Waals surface area contributed by atoms with Crippen LogP contribution in [0.15, 0.2) is 54.0 Å². The van der Waals surface area contributed by atoms with Gasteiger partial charge in [0.2, 0.25) is 0 Å². The summed E-state index contributed by atoms with van der Waals surface area (Å²) in [6.07, 6.45) is 1.24. The van der Waals surface area contributed by atoms with E-state index in [0.717, 1.165) is 5.56 Å². The summed E-state index contributed by atoms with van der Waals surface area (Å²) in [5.74, 6) is 0.0712. The second kappa shape index (κ2) is 9.34. The van der Waals surface area contributed by atoms with Crippen molar-refractivity contribution in [3.8, 4) is 5.75 Å². The van der Waals surface area contributed by atoms with Gasteiger partial charge in [0.1, 0.15) is 12.4 Å². The fraction of sp³-hybridized carbons (Fsp3) is 0.348. The molecule has 0 spiro atoms. The zero-order valence-corrected chi connectivity index (χ0v) is 18.9. The number of carbonyl (C=O) groups is 1. The lowest BCUT2D eigenvalue weighted by molar-refractivity contribution is 0.00578. The van der Waals surface area contributed by atoms with Crippen LogP contribution in [0.25, 0.3) is 6.08 Å². The molecular formula is C23H27BClNO5. The van der Waals surface area contributed by atoms with Crippen molar-refractivity contribution in [1.29, 1.82) is 0 Å². The highest BCUT2D eigenvalue weighted by Gasteiger charge is 2.52. The van der Waals surface area contributed by atoms with E-state index in [1.807, 2.05) is 58.0 Å². The molecule has 2 N–H and O–H groups in total. The first-order valence-corrected chi connectivity index (χ1v) is 10.4. The highest BCUT2D eigenvalue weighted by Crippen LogP contribution is 2.39. The Hall–Kier alpha value is -2.48. The van der Waals surface area contributed by atoms with Gasteiger partial charge in [-0.25, -0.2) is 4.79 Å². The van der Waals surface area contributed by atoms with Crippen LogP contribution in [0.1, 0.15) is 38.8 Å². The lowest BCUT2D eigenvalue weighted by atomic mass is 9.77. The normalized spacial score (nSPS) is 17.5. The summed E-state index contributed by atoms with van der Waals surface area (Å²) in [5.41, 5.74) is 1.16.